The molecule has 196 valence electrons. The van der Waals surface area contributed by atoms with E-state index in [4.69, 9.17) is 9.72 Å². The number of rotatable bonds is 7. The van der Waals surface area contributed by atoms with E-state index in [2.05, 4.69) is 29.0 Å². The average molecular weight is 504 g/mol. The van der Waals surface area contributed by atoms with Crippen molar-refractivity contribution in [3.8, 4) is 5.75 Å². The van der Waals surface area contributed by atoms with Gasteiger partial charge in [0.15, 0.2) is 0 Å². The summed E-state index contributed by atoms with van der Waals surface area (Å²) in [5, 5.41) is 3.21. The zero-order valence-corrected chi connectivity index (χ0v) is 21.9. The molecule has 1 fully saturated rings. The molecule has 0 radical (unpaired) electrons. The van der Waals surface area contributed by atoms with Gasteiger partial charge in [-0.15, -0.1) is 0 Å². The predicted molar refractivity (Wildman–Crippen MR) is 148 cm³/mol. The number of benzene rings is 2. The van der Waals surface area contributed by atoms with Crippen molar-refractivity contribution in [1.82, 2.24) is 14.5 Å². The molecule has 8 heteroatoms. The summed E-state index contributed by atoms with van der Waals surface area (Å²) in [7, 11) is 0. The van der Waals surface area contributed by atoms with Crippen LogP contribution in [0.3, 0.4) is 0 Å². The first kappa shape index (κ1) is 25.3. The highest BCUT2D eigenvalue weighted by atomic mass is 16.6. The van der Waals surface area contributed by atoms with Crippen LogP contribution in [0.5, 0.6) is 5.75 Å². The molecule has 2 aliphatic heterocycles. The standard InChI is InChI=1S/C29H37N5O3/c1-21(2)22-8-10-23(11-9-22)30-29(36)37-24-12-13-26-25(20-24)27(35)34-19-7-18-33(28(34)31-26)17-6-16-32-14-4-3-5-15-32/h8-13,20-21H,3-7,14-19H2,1-2H3,(H,30,36). The van der Waals surface area contributed by atoms with Crippen LogP contribution in [-0.2, 0) is 6.54 Å². The predicted octanol–water partition coefficient (Wildman–Crippen LogP) is 5.22. The van der Waals surface area contributed by atoms with Crippen LogP contribution >= 0.6 is 0 Å². The minimum absolute atomic E-state index is 0.0872. The number of piperidine rings is 1. The summed E-state index contributed by atoms with van der Waals surface area (Å²) in [4.78, 5) is 35.5. The molecule has 0 unspecified atom stereocenters. The topological polar surface area (TPSA) is 79.7 Å². The van der Waals surface area contributed by atoms with Crippen LogP contribution in [0.15, 0.2) is 47.3 Å². The van der Waals surface area contributed by atoms with Gasteiger partial charge in [0.1, 0.15) is 5.75 Å². The number of hydrogen-bond donors (Lipinski definition) is 1. The van der Waals surface area contributed by atoms with E-state index in [9.17, 15) is 9.59 Å². The fourth-order valence-electron chi connectivity index (χ4n) is 5.30. The van der Waals surface area contributed by atoms with Gasteiger partial charge in [0.05, 0.1) is 10.9 Å². The van der Waals surface area contributed by atoms with Crippen molar-refractivity contribution in [2.75, 3.05) is 42.9 Å². The number of hydrogen-bond acceptors (Lipinski definition) is 6. The molecule has 5 rings (SSSR count). The SMILES string of the molecule is CC(C)c1ccc(NC(=O)Oc2ccc3nc4n(c(=O)c3c2)CCCN4CCCN2CCCCC2)cc1. The summed E-state index contributed by atoms with van der Waals surface area (Å²) in [5.74, 6) is 1.49. The highest BCUT2D eigenvalue weighted by Crippen LogP contribution is 2.24. The van der Waals surface area contributed by atoms with Crippen molar-refractivity contribution < 1.29 is 9.53 Å². The molecular weight excluding hydrogens is 466 g/mol. The van der Waals surface area contributed by atoms with Crippen molar-refractivity contribution in [2.45, 2.75) is 58.4 Å². The molecule has 1 N–H and O–H groups in total. The Bertz CT molecular complexity index is 1300. The van der Waals surface area contributed by atoms with Crippen molar-refractivity contribution in [2.24, 2.45) is 0 Å². The third-order valence-electron chi connectivity index (χ3n) is 7.38. The van der Waals surface area contributed by atoms with Crippen LogP contribution in [0, 0.1) is 0 Å². The summed E-state index contributed by atoms with van der Waals surface area (Å²) in [5.41, 5.74) is 2.39. The van der Waals surface area contributed by atoms with Crippen LogP contribution in [-0.4, -0.2) is 53.3 Å². The van der Waals surface area contributed by atoms with E-state index in [0.29, 0.717) is 34.8 Å². The number of nitrogens with one attached hydrogen (secondary N) is 1. The van der Waals surface area contributed by atoms with Crippen LogP contribution in [0.25, 0.3) is 10.9 Å². The second-order valence-electron chi connectivity index (χ2n) is 10.4. The molecule has 0 bridgehead atoms. The molecule has 1 saturated heterocycles. The first-order valence-corrected chi connectivity index (χ1v) is 13.6. The van der Waals surface area contributed by atoms with E-state index in [-0.39, 0.29) is 5.56 Å². The number of likely N-dealkylation sites (tertiary alicyclic amines) is 1. The molecule has 3 aromatic rings. The molecule has 0 saturated carbocycles. The third-order valence-corrected chi connectivity index (χ3v) is 7.38. The largest absolute Gasteiger partial charge is 0.417 e. The van der Waals surface area contributed by atoms with Crippen LogP contribution in [0.4, 0.5) is 16.4 Å². The number of nitrogens with zero attached hydrogens (tertiary/aromatic N) is 4. The molecular formula is C29H37N5O3. The van der Waals surface area contributed by atoms with Crippen molar-refractivity contribution in [3.63, 3.8) is 0 Å². The van der Waals surface area contributed by atoms with Gasteiger partial charge in [0.25, 0.3) is 5.56 Å². The summed E-state index contributed by atoms with van der Waals surface area (Å²) < 4.78 is 7.26. The highest BCUT2D eigenvalue weighted by molar-refractivity contribution is 5.87. The first-order chi connectivity index (χ1) is 18.0. The summed E-state index contributed by atoms with van der Waals surface area (Å²) in [6.45, 7) is 10.2. The Morgan fingerprint density at radius 3 is 2.51 bits per heavy atom. The maximum atomic E-state index is 13.4. The van der Waals surface area contributed by atoms with Crippen molar-refractivity contribution in [1.29, 1.82) is 0 Å². The van der Waals surface area contributed by atoms with E-state index in [1.165, 1.54) is 37.9 Å². The summed E-state index contributed by atoms with van der Waals surface area (Å²) in [6.07, 6.45) is 5.33. The van der Waals surface area contributed by atoms with Crippen LogP contribution in [0.2, 0.25) is 0 Å². The average Bonchev–Trinajstić information content (AvgIpc) is 2.90. The number of amides is 1. The Morgan fingerprint density at radius 2 is 1.76 bits per heavy atom. The van der Waals surface area contributed by atoms with Crippen LogP contribution < -0.4 is 20.5 Å². The summed E-state index contributed by atoms with van der Waals surface area (Å²) in [6, 6.07) is 12.8. The van der Waals surface area contributed by atoms with E-state index in [0.717, 1.165) is 38.4 Å². The van der Waals surface area contributed by atoms with Gasteiger partial charge in [-0.3, -0.25) is 14.7 Å². The summed E-state index contributed by atoms with van der Waals surface area (Å²) >= 11 is 0. The van der Waals surface area contributed by atoms with E-state index in [1.54, 1.807) is 22.8 Å². The zero-order chi connectivity index (χ0) is 25.8. The Labute approximate surface area is 218 Å². The minimum atomic E-state index is -0.595. The normalized spacial score (nSPS) is 16.1. The van der Waals surface area contributed by atoms with Gasteiger partial charge in [-0.1, -0.05) is 32.4 Å². The monoisotopic (exact) mass is 503 g/mol. The molecule has 1 aromatic heterocycles. The lowest BCUT2D eigenvalue weighted by atomic mass is 10.0. The lowest BCUT2D eigenvalue weighted by Crippen LogP contribution is -2.40. The highest BCUT2D eigenvalue weighted by Gasteiger charge is 2.22. The smallest absolute Gasteiger partial charge is 0.410 e. The van der Waals surface area contributed by atoms with Crippen LogP contribution in [0.1, 0.15) is 57.4 Å². The number of carbonyl (C=O) groups excluding carboxylic acids is 1. The van der Waals surface area contributed by atoms with Crippen molar-refractivity contribution in [3.05, 3.63) is 58.4 Å². The second kappa shape index (κ2) is 11.3. The number of fused-ring (bicyclic) bond motifs is 2. The number of anilines is 2. The molecule has 2 aliphatic rings. The van der Waals surface area contributed by atoms with Crippen molar-refractivity contribution >= 4 is 28.6 Å². The molecule has 0 spiro atoms. The fraction of sp³-hybridized carbons (Fsp3) is 0.483. The minimum Gasteiger partial charge on any atom is -0.410 e. The van der Waals surface area contributed by atoms with Gasteiger partial charge >= 0.3 is 6.09 Å². The van der Waals surface area contributed by atoms with E-state index < -0.39 is 6.09 Å². The van der Waals surface area contributed by atoms with E-state index >= 15 is 0 Å². The third kappa shape index (κ3) is 5.96. The molecule has 3 heterocycles. The molecule has 8 nitrogen and oxygen atoms in total. The molecule has 1 amide bonds. The van der Waals surface area contributed by atoms with Gasteiger partial charge in [0.2, 0.25) is 5.95 Å². The Hall–Kier alpha value is -3.39. The number of ether oxygens (including phenoxy) is 1. The Morgan fingerprint density at radius 1 is 0.973 bits per heavy atom. The van der Waals surface area contributed by atoms with E-state index in [1.807, 2.05) is 24.3 Å². The maximum Gasteiger partial charge on any atom is 0.417 e. The van der Waals surface area contributed by atoms with Gasteiger partial charge in [-0.2, -0.15) is 0 Å². The molecule has 37 heavy (non-hydrogen) atoms. The number of aromatic nitrogens is 2. The zero-order valence-electron chi connectivity index (χ0n) is 21.9. The Balaban J connectivity index is 1.27. The number of carbonyl (C=O) groups is 1. The first-order valence-electron chi connectivity index (χ1n) is 13.6. The molecule has 0 atom stereocenters. The van der Waals surface area contributed by atoms with Gasteiger partial charge in [-0.25, -0.2) is 9.78 Å². The van der Waals surface area contributed by atoms with Gasteiger partial charge in [0, 0.05) is 25.3 Å². The quantitative estimate of drug-likeness (QED) is 0.476. The van der Waals surface area contributed by atoms with Gasteiger partial charge in [-0.05, 0) is 87.1 Å². The molecule has 0 aliphatic carbocycles. The molecule has 2 aromatic carbocycles. The maximum absolute atomic E-state index is 13.4. The van der Waals surface area contributed by atoms with Gasteiger partial charge < -0.3 is 14.5 Å². The lowest BCUT2D eigenvalue weighted by molar-refractivity contribution is 0.215. The Kier molecular flexibility index (Phi) is 7.74. The lowest BCUT2D eigenvalue weighted by Gasteiger charge is -2.32. The fourth-order valence-corrected chi connectivity index (χ4v) is 5.30. The second-order valence-corrected chi connectivity index (χ2v) is 10.4.